The molecule has 2 aromatic carbocycles. The number of methoxy groups -OCH3 is 2. The van der Waals surface area contributed by atoms with Crippen LogP contribution in [0, 0.1) is 34.6 Å². The van der Waals surface area contributed by atoms with Crippen molar-refractivity contribution in [3.63, 3.8) is 0 Å². The van der Waals surface area contributed by atoms with Gasteiger partial charge in [-0.1, -0.05) is 41.5 Å². The quantitative estimate of drug-likeness (QED) is 0.128. The van der Waals surface area contributed by atoms with Gasteiger partial charge < -0.3 is 18.6 Å². The first-order valence-corrected chi connectivity index (χ1v) is 17.4. The van der Waals surface area contributed by atoms with Gasteiger partial charge in [0, 0.05) is 27.3 Å². The zero-order valence-electron chi connectivity index (χ0n) is 31.8. The van der Waals surface area contributed by atoms with E-state index in [1.54, 1.807) is 14.2 Å². The molecule has 2 aromatic heterocycles. The summed E-state index contributed by atoms with van der Waals surface area (Å²) in [5, 5.41) is 0. The van der Waals surface area contributed by atoms with Crippen molar-refractivity contribution in [3.05, 3.63) is 82.0 Å². The van der Waals surface area contributed by atoms with Gasteiger partial charge in [-0.3, -0.25) is 0 Å². The van der Waals surface area contributed by atoms with Gasteiger partial charge in [-0.15, -0.1) is 0 Å². The summed E-state index contributed by atoms with van der Waals surface area (Å²) in [6.07, 6.45) is 11.4. The maximum absolute atomic E-state index is 5.49. The van der Waals surface area contributed by atoms with Crippen molar-refractivity contribution in [3.8, 4) is 0 Å². The first-order valence-electron chi connectivity index (χ1n) is 17.4. The minimum absolute atomic E-state index is 0.0189. The lowest BCUT2D eigenvalue weighted by atomic mass is 9.99. The zero-order chi connectivity index (χ0) is 34.9. The molecule has 0 N–H and O–H groups in total. The summed E-state index contributed by atoms with van der Waals surface area (Å²) in [5.74, 6) is 2.17. The second kappa shape index (κ2) is 16.7. The van der Waals surface area contributed by atoms with Crippen LogP contribution in [0.15, 0.2) is 53.6 Å². The van der Waals surface area contributed by atoms with Crippen LogP contribution in [-0.2, 0) is 22.6 Å². The fourth-order valence-electron chi connectivity index (χ4n) is 5.89. The highest BCUT2D eigenvalue weighted by Gasteiger charge is 2.16. The van der Waals surface area contributed by atoms with Crippen molar-refractivity contribution in [2.75, 3.05) is 14.2 Å². The second-order valence-electron chi connectivity index (χ2n) is 14.6. The number of hydrogen-bond donors (Lipinski definition) is 0. The number of benzene rings is 2. The Labute approximate surface area is 285 Å². The minimum atomic E-state index is -0.0210. The summed E-state index contributed by atoms with van der Waals surface area (Å²) < 4.78 is 15.6. The third kappa shape index (κ3) is 10.6. The number of aromatic nitrogens is 4. The molecular formula is C41H62N4O2. The Balaban J connectivity index is 0.000000256. The van der Waals surface area contributed by atoms with Crippen LogP contribution >= 0.6 is 0 Å². The molecule has 0 aliphatic rings. The first-order chi connectivity index (χ1) is 22.1. The van der Waals surface area contributed by atoms with E-state index in [4.69, 9.17) is 19.4 Å². The molecule has 0 fully saturated rings. The highest BCUT2D eigenvalue weighted by Crippen LogP contribution is 2.24. The van der Waals surface area contributed by atoms with Crippen LogP contribution in [0.1, 0.15) is 108 Å². The minimum Gasteiger partial charge on any atom is -0.379 e. The largest absolute Gasteiger partial charge is 0.379 e. The standard InChI is InChI=1S/C21H32N2O.C20H30N2O/c1-15(9-8-13-21(5,6)24-7)12-14-23-18(4)22-20-17(3)16(2)10-11-19(20)23;1-15(9-8-13-20(4,5)23-6)12-14-22-17(3)21-19-16(2)10-7-11-18(19)22/h10-12H,8-9,13-14H2,1-7H3;7,10-12H,8-9,13-14H2,1-6H3/b2*15-12+. The van der Waals surface area contributed by atoms with Crippen LogP contribution in [0.3, 0.4) is 0 Å². The lowest BCUT2D eigenvalue weighted by molar-refractivity contribution is 0.0137. The Morgan fingerprint density at radius 1 is 0.660 bits per heavy atom. The van der Waals surface area contributed by atoms with Crippen molar-refractivity contribution >= 4 is 22.1 Å². The van der Waals surface area contributed by atoms with Crippen LogP contribution in [0.5, 0.6) is 0 Å². The monoisotopic (exact) mass is 642 g/mol. The predicted octanol–water partition coefficient (Wildman–Crippen LogP) is 10.7. The van der Waals surface area contributed by atoms with Gasteiger partial charge in [0.05, 0.1) is 33.3 Å². The van der Waals surface area contributed by atoms with E-state index in [2.05, 4.69) is 128 Å². The first kappa shape index (κ1) is 38.2. The Bertz CT molecular complexity index is 1680. The number of imidazole rings is 2. The van der Waals surface area contributed by atoms with Gasteiger partial charge in [0.2, 0.25) is 0 Å². The molecule has 6 heteroatoms. The van der Waals surface area contributed by atoms with Crippen molar-refractivity contribution in [1.29, 1.82) is 0 Å². The molecule has 0 saturated carbocycles. The molecule has 0 amide bonds. The van der Waals surface area contributed by atoms with Gasteiger partial charge in [-0.2, -0.15) is 0 Å². The number of aryl methyl sites for hydroxylation is 5. The van der Waals surface area contributed by atoms with E-state index in [0.717, 1.165) is 74.3 Å². The molecule has 0 radical (unpaired) electrons. The molecular weight excluding hydrogens is 580 g/mol. The van der Waals surface area contributed by atoms with E-state index in [0.29, 0.717) is 0 Å². The lowest BCUT2D eigenvalue weighted by Crippen LogP contribution is -2.21. The maximum Gasteiger partial charge on any atom is 0.107 e. The molecule has 6 nitrogen and oxygen atoms in total. The zero-order valence-corrected chi connectivity index (χ0v) is 31.8. The summed E-state index contributed by atoms with van der Waals surface area (Å²) >= 11 is 0. The van der Waals surface area contributed by atoms with Crippen molar-refractivity contribution in [1.82, 2.24) is 19.1 Å². The van der Waals surface area contributed by atoms with Crippen molar-refractivity contribution < 1.29 is 9.47 Å². The third-order valence-corrected chi connectivity index (χ3v) is 9.86. The number of fused-ring (bicyclic) bond motifs is 2. The Kier molecular flexibility index (Phi) is 13.6. The van der Waals surface area contributed by atoms with Gasteiger partial charge >= 0.3 is 0 Å². The van der Waals surface area contributed by atoms with Gasteiger partial charge in [0.1, 0.15) is 11.6 Å². The molecule has 0 spiro atoms. The van der Waals surface area contributed by atoms with Crippen LogP contribution < -0.4 is 0 Å². The number of ether oxygens (including phenoxy) is 2. The van der Waals surface area contributed by atoms with Crippen LogP contribution in [0.2, 0.25) is 0 Å². The smallest absolute Gasteiger partial charge is 0.107 e. The lowest BCUT2D eigenvalue weighted by Gasteiger charge is -2.22. The van der Waals surface area contributed by atoms with Crippen molar-refractivity contribution in [2.24, 2.45) is 0 Å². The molecule has 0 atom stereocenters. The summed E-state index contributed by atoms with van der Waals surface area (Å²) in [7, 11) is 3.58. The van der Waals surface area contributed by atoms with Gasteiger partial charge in [-0.25, -0.2) is 9.97 Å². The normalized spacial score (nSPS) is 13.0. The second-order valence-corrected chi connectivity index (χ2v) is 14.6. The van der Waals surface area contributed by atoms with Crippen LogP contribution in [0.25, 0.3) is 22.1 Å². The summed E-state index contributed by atoms with van der Waals surface area (Å²) in [6, 6.07) is 10.8. The van der Waals surface area contributed by atoms with Gasteiger partial charge in [0.15, 0.2) is 0 Å². The molecule has 0 saturated heterocycles. The maximum atomic E-state index is 5.49. The summed E-state index contributed by atoms with van der Waals surface area (Å²) in [6.45, 7) is 25.4. The molecule has 4 aromatic rings. The van der Waals surface area contributed by atoms with Gasteiger partial charge in [0.25, 0.3) is 0 Å². The molecule has 0 unspecified atom stereocenters. The highest BCUT2D eigenvalue weighted by atomic mass is 16.5. The fourth-order valence-corrected chi connectivity index (χ4v) is 5.89. The number of para-hydroxylation sites is 1. The predicted molar refractivity (Wildman–Crippen MR) is 201 cm³/mol. The molecule has 0 aliphatic heterocycles. The van der Waals surface area contributed by atoms with E-state index < -0.39 is 0 Å². The number of allylic oxidation sites excluding steroid dienone is 4. The van der Waals surface area contributed by atoms with Crippen molar-refractivity contribution in [2.45, 2.75) is 139 Å². The summed E-state index contributed by atoms with van der Waals surface area (Å²) in [4.78, 5) is 9.49. The average Bonchev–Trinajstić information content (AvgIpc) is 3.53. The SMILES string of the molecule is COC(C)(C)CCC/C(C)=C/Cn1c(C)nc2c(C)c(C)ccc21.COC(C)(C)CCC/C(C)=C/Cn1c(C)nc2c(C)cccc21. The molecule has 0 aliphatic carbocycles. The topological polar surface area (TPSA) is 54.1 Å². The molecule has 0 bridgehead atoms. The Morgan fingerprint density at radius 3 is 1.62 bits per heavy atom. The van der Waals surface area contributed by atoms with E-state index in [9.17, 15) is 0 Å². The average molecular weight is 643 g/mol. The van der Waals surface area contributed by atoms with E-state index in [1.807, 2.05) is 0 Å². The fraction of sp³-hybridized carbons (Fsp3) is 0.561. The number of rotatable bonds is 14. The molecule has 2 heterocycles. The number of nitrogens with zero attached hydrogens (tertiary/aromatic N) is 4. The highest BCUT2D eigenvalue weighted by molar-refractivity contribution is 5.81. The van der Waals surface area contributed by atoms with Gasteiger partial charge in [-0.05, 0) is 144 Å². The van der Waals surface area contributed by atoms with E-state index >= 15 is 0 Å². The van der Waals surface area contributed by atoms with Crippen LogP contribution in [0.4, 0.5) is 0 Å². The molecule has 258 valence electrons. The van der Waals surface area contributed by atoms with E-state index in [1.165, 1.54) is 38.9 Å². The Morgan fingerprint density at radius 2 is 1.13 bits per heavy atom. The summed E-state index contributed by atoms with van der Waals surface area (Å²) in [5.41, 5.74) is 11.4. The third-order valence-electron chi connectivity index (χ3n) is 9.86. The Hall–Kier alpha value is -3.22. The van der Waals surface area contributed by atoms with Crippen LogP contribution in [-0.4, -0.2) is 44.5 Å². The van der Waals surface area contributed by atoms with E-state index in [-0.39, 0.29) is 11.2 Å². The molecule has 4 rings (SSSR count). The number of hydrogen-bond acceptors (Lipinski definition) is 4. The molecule has 47 heavy (non-hydrogen) atoms.